The van der Waals surface area contributed by atoms with Gasteiger partial charge < -0.3 is 15.1 Å². The molecule has 2 heterocycles. The van der Waals surface area contributed by atoms with Crippen molar-refractivity contribution in [2.45, 2.75) is 51.2 Å². The highest BCUT2D eigenvalue weighted by Gasteiger charge is 2.31. The highest BCUT2D eigenvalue weighted by Crippen LogP contribution is 2.18. The summed E-state index contributed by atoms with van der Waals surface area (Å²) in [5.41, 5.74) is 0.858. The SMILES string of the molecule is CCCN1CCC(N[C@H]2CC(=O)N(Cc3cccc(F)c3)C2)CC1. The summed E-state index contributed by atoms with van der Waals surface area (Å²) in [7, 11) is 0. The highest BCUT2D eigenvalue weighted by atomic mass is 19.1. The fourth-order valence-corrected chi connectivity index (χ4v) is 3.87. The van der Waals surface area contributed by atoms with Crippen molar-refractivity contribution in [2.75, 3.05) is 26.2 Å². The van der Waals surface area contributed by atoms with Gasteiger partial charge in [-0.3, -0.25) is 4.79 Å². The third kappa shape index (κ3) is 4.54. The van der Waals surface area contributed by atoms with Gasteiger partial charge in [0.25, 0.3) is 0 Å². The lowest BCUT2D eigenvalue weighted by molar-refractivity contribution is -0.128. The first-order valence-electron chi connectivity index (χ1n) is 9.14. The smallest absolute Gasteiger partial charge is 0.224 e. The Kier molecular flexibility index (Phi) is 5.85. The van der Waals surface area contributed by atoms with Gasteiger partial charge >= 0.3 is 0 Å². The zero-order valence-electron chi connectivity index (χ0n) is 14.5. The lowest BCUT2D eigenvalue weighted by atomic mass is 10.0. The van der Waals surface area contributed by atoms with Crippen LogP contribution in [0.3, 0.4) is 0 Å². The van der Waals surface area contributed by atoms with Crippen LogP contribution in [-0.4, -0.2) is 54.0 Å². The van der Waals surface area contributed by atoms with E-state index < -0.39 is 0 Å². The summed E-state index contributed by atoms with van der Waals surface area (Å²) in [5, 5.41) is 3.67. The molecule has 2 aliphatic rings. The third-order valence-corrected chi connectivity index (χ3v) is 5.08. The van der Waals surface area contributed by atoms with Crippen molar-refractivity contribution < 1.29 is 9.18 Å². The summed E-state index contributed by atoms with van der Waals surface area (Å²) in [6.45, 7) is 6.95. The van der Waals surface area contributed by atoms with Crippen LogP contribution in [0.15, 0.2) is 24.3 Å². The van der Waals surface area contributed by atoms with E-state index in [1.165, 1.54) is 25.1 Å². The Balaban J connectivity index is 1.47. The highest BCUT2D eigenvalue weighted by molar-refractivity contribution is 5.79. The number of halogens is 1. The first-order valence-corrected chi connectivity index (χ1v) is 9.14. The molecule has 1 amide bonds. The molecule has 1 atom stereocenters. The number of piperidine rings is 1. The molecule has 0 unspecified atom stereocenters. The van der Waals surface area contributed by atoms with Crippen molar-refractivity contribution in [1.29, 1.82) is 0 Å². The molecule has 1 N–H and O–H groups in total. The van der Waals surface area contributed by atoms with Crippen LogP contribution in [0.2, 0.25) is 0 Å². The summed E-state index contributed by atoms with van der Waals surface area (Å²) in [4.78, 5) is 16.6. The van der Waals surface area contributed by atoms with Gasteiger partial charge in [-0.25, -0.2) is 4.39 Å². The second-order valence-corrected chi connectivity index (χ2v) is 7.09. The molecule has 2 fully saturated rings. The largest absolute Gasteiger partial charge is 0.337 e. The molecule has 0 saturated carbocycles. The van der Waals surface area contributed by atoms with Gasteiger partial charge in [-0.05, 0) is 56.6 Å². The van der Waals surface area contributed by atoms with Crippen molar-refractivity contribution in [3.63, 3.8) is 0 Å². The van der Waals surface area contributed by atoms with Crippen molar-refractivity contribution in [3.05, 3.63) is 35.6 Å². The molecule has 2 saturated heterocycles. The van der Waals surface area contributed by atoms with Gasteiger partial charge in [0.2, 0.25) is 5.91 Å². The maximum absolute atomic E-state index is 13.3. The van der Waals surface area contributed by atoms with Crippen LogP contribution in [0.4, 0.5) is 4.39 Å². The summed E-state index contributed by atoms with van der Waals surface area (Å²) in [5.74, 6) is -0.0761. The first-order chi connectivity index (χ1) is 11.6. The fraction of sp³-hybridized carbons (Fsp3) is 0.632. The van der Waals surface area contributed by atoms with E-state index in [1.54, 1.807) is 6.07 Å². The number of rotatable bonds is 6. The lowest BCUT2D eigenvalue weighted by Gasteiger charge is -2.33. The van der Waals surface area contributed by atoms with Crippen LogP contribution in [0.25, 0.3) is 0 Å². The topological polar surface area (TPSA) is 35.6 Å². The summed E-state index contributed by atoms with van der Waals surface area (Å²) >= 11 is 0. The van der Waals surface area contributed by atoms with Gasteiger partial charge in [-0.15, -0.1) is 0 Å². The van der Waals surface area contributed by atoms with E-state index in [-0.39, 0.29) is 17.8 Å². The third-order valence-electron chi connectivity index (χ3n) is 5.08. The predicted octanol–water partition coefficient (Wildman–Crippen LogP) is 2.39. The standard InChI is InChI=1S/C19H28FN3O/c1-2-8-22-9-6-17(7-10-22)21-18-12-19(24)23(14-18)13-15-4-3-5-16(20)11-15/h3-5,11,17-18,21H,2,6-10,12-14H2,1H3/t18-/m0/s1. The Hall–Kier alpha value is -1.46. The number of hydrogen-bond donors (Lipinski definition) is 1. The number of likely N-dealkylation sites (tertiary alicyclic amines) is 2. The predicted molar refractivity (Wildman–Crippen MR) is 93.1 cm³/mol. The first kappa shape index (κ1) is 17.4. The van der Waals surface area contributed by atoms with Crippen molar-refractivity contribution in [1.82, 2.24) is 15.1 Å². The molecule has 1 aromatic carbocycles. The zero-order chi connectivity index (χ0) is 16.9. The molecule has 0 spiro atoms. The molecule has 5 heteroatoms. The summed E-state index contributed by atoms with van der Waals surface area (Å²) in [6, 6.07) is 7.27. The van der Waals surface area contributed by atoms with Gasteiger partial charge in [-0.2, -0.15) is 0 Å². The molecule has 132 valence electrons. The van der Waals surface area contributed by atoms with Gasteiger partial charge in [-0.1, -0.05) is 19.1 Å². The molecule has 0 aromatic heterocycles. The maximum Gasteiger partial charge on any atom is 0.224 e. The normalized spacial score (nSPS) is 23.2. The average Bonchev–Trinajstić information content (AvgIpc) is 2.89. The van der Waals surface area contributed by atoms with Crippen molar-refractivity contribution >= 4 is 5.91 Å². The Morgan fingerprint density at radius 3 is 2.75 bits per heavy atom. The second kappa shape index (κ2) is 8.08. The summed E-state index contributed by atoms with van der Waals surface area (Å²) < 4.78 is 13.3. The Bertz CT molecular complexity index is 557. The zero-order valence-corrected chi connectivity index (χ0v) is 14.5. The van der Waals surface area contributed by atoms with E-state index >= 15 is 0 Å². The molecule has 0 bridgehead atoms. The molecule has 4 nitrogen and oxygen atoms in total. The number of nitrogens with one attached hydrogen (secondary N) is 1. The maximum atomic E-state index is 13.3. The van der Waals surface area contributed by atoms with Crippen molar-refractivity contribution in [2.24, 2.45) is 0 Å². The number of carbonyl (C=O) groups excluding carboxylic acids is 1. The number of benzene rings is 1. The molecule has 0 radical (unpaired) electrons. The van der Waals surface area contributed by atoms with Crippen LogP contribution in [-0.2, 0) is 11.3 Å². The number of nitrogens with zero attached hydrogens (tertiary/aromatic N) is 2. The van der Waals surface area contributed by atoms with E-state index in [1.807, 2.05) is 11.0 Å². The van der Waals surface area contributed by atoms with E-state index in [2.05, 4.69) is 17.1 Å². The van der Waals surface area contributed by atoms with Gasteiger partial charge in [0.05, 0.1) is 0 Å². The molecular weight excluding hydrogens is 305 g/mol. The van der Waals surface area contributed by atoms with Crippen LogP contribution in [0.5, 0.6) is 0 Å². The van der Waals surface area contributed by atoms with Gasteiger partial charge in [0.15, 0.2) is 0 Å². The van der Waals surface area contributed by atoms with Crippen LogP contribution in [0, 0.1) is 5.82 Å². The molecular formula is C19H28FN3O. The quantitative estimate of drug-likeness (QED) is 0.868. The molecule has 0 aliphatic carbocycles. The van der Waals surface area contributed by atoms with E-state index in [0.717, 1.165) is 38.0 Å². The van der Waals surface area contributed by atoms with E-state index in [0.29, 0.717) is 19.0 Å². The molecule has 3 rings (SSSR count). The number of hydrogen-bond acceptors (Lipinski definition) is 3. The monoisotopic (exact) mass is 333 g/mol. The van der Waals surface area contributed by atoms with Crippen LogP contribution >= 0.6 is 0 Å². The van der Waals surface area contributed by atoms with E-state index in [9.17, 15) is 9.18 Å². The fourth-order valence-electron chi connectivity index (χ4n) is 3.87. The minimum absolute atomic E-state index is 0.167. The average molecular weight is 333 g/mol. The Labute approximate surface area is 144 Å². The van der Waals surface area contributed by atoms with Crippen molar-refractivity contribution in [3.8, 4) is 0 Å². The summed E-state index contributed by atoms with van der Waals surface area (Å²) in [6.07, 6.45) is 4.10. The Morgan fingerprint density at radius 1 is 1.25 bits per heavy atom. The van der Waals surface area contributed by atoms with Crippen LogP contribution in [0.1, 0.15) is 38.2 Å². The van der Waals surface area contributed by atoms with Gasteiger partial charge in [0.1, 0.15) is 5.82 Å². The number of carbonyl (C=O) groups is 1. The van der Waals surface area contributed by atoms with E-state index in [4.69, 9.17) is 0 Å². The Morgan fingerprint density at radius 2 is 2.04 bits per heavy atom. The van der Waals surface area contributed by atoms with Crippen LogP contribution < -0.4 is 5.32 Å². The number of amides is 1. The molecule has 1 aromatic rings. The van der Waals surface area contributed by atoms with Gasteiger partial charge in [0, 0.05) is 31.6 Å². The molecule has 24 heavy (non-hydrogen) atoms. The lowest BCUT2D eigenvalue weighted by Crippen LogP contribution is -2.47. The minimum atomic E-state index is -0.243. The molecule has 2 aliphatic heterocycles. The second-order valence-electron chi connectivity index (χ2n) is 7.09. The minimum Gasteiger partial charge on any atom is -0.337 e.